The van der Waals surface area contributed by atoms with Crippen LogP contribution in [0.4, 0.5) is 0 Å². The normalized spacial score (nSPS) is 15.0. The minimum atomic E-state index is -1.05. The van der Waals surface area contributed by atoms with Crippen LogP contribution in [-0.2, 0) is 5.60 Å². The number of hydrogen-bond acceptors (Lipinski definition) is 4. The first-order valence-corrected chi connectivity index (χ1v) is 6.21. The van der Waals surface area contributed by atoms with Crippen LogP contribution >= 0.6 is 11.3 Å². The zero-order valence-electron chi connectivity index (χ0n) is 9.65. The largest absolute Gasteiger partial charge is 0.442 e. The molecule has 1 unspecified atom stereocenters. The van der Waals surface area contributed by atoms with E-state index in [0.717, 1.165) is 11.3 Å². The molecule has 0 radical (unpaired) electrons. The molecule has 0 aliphatic rings. The molecule has 0 amide bonds. The number of oxazole rings is 1. The molecule has 16 heavy (non-hydrogen) atoms. The molecule has 2 rings (SSSR count). The predicted octanol–water partition coefficient (Wildman–Crippen LogP) is 3.00. The standard InChI is InChI=1S/C12H15NO2S/c1-4-12(14,10-5-6-16-7-10)11-8(2)13-9(3)15-11/h5-7,14H,4H2,1-3H3. The van der Waals surface area contributed by atoms with Crippen molar-refractivity contribution in [1.29, 1.82) is 0 Å². The van der Waals surface area contributed by atoms with Gasteiger partial charge in [0.05, 0.1) is 5.69 Å². The van der Waals surface area contributed by atoms with Gasteiger partial charge in [0.2, 0.25) is 0 Å². The topological polar surface area (TPSA) is 46.3 Å². The zero-order valence-corrected chi connectivity index (χ0v) is 10.5. The van der Waals surface area contributed by atoms with Gasteiger partial charge in [-0.15, -0.1) is 0 Å². The molecule has 1 N–H and O–H groups in total. The molecule has 0 aromatic carbocycles. The summed E-state index contributed by atoms with van der Waals surface area (Å²) in [6.07, 6.45) is 0.569. The van der Waals surface area contributed by atoms with Crippen LogP contribution in [0.1, 0.15) is 36.3 Å². The SMILES string of the molecule is CCC(O)(c1ccsc1)c1oc(C)nc1C. The maximum Gasteiger partial charge on any atom is 0.191 e. The molecule has 0 saturated carbocycles. The van der Waals surface area contributed by atoms with Crippen LogP contribution in [0.5, 0.6) is 0 Å². The summed E-state index contributed by atoms with van der Waals surface area (Å²) in [6, 6.07) is 1.92. The number of aliphatic hydroxyl groups is 1. The van der Waals surface area contributed by atoms with Gasteiger partial charge < -0.3 is 9.52 Å². The summed E-state index contributed by atoms with van der Waals surface area (Å²) in [6.45, 7) is 5.59. The van der Waals surface area contributed by atoms with Gasteiger partial charge >= 0.3 is 0 Å². The van der Waals surface area contributed by atoms with Crippen LogP contribution in [0.3, 0.4) is 0 Å². The summed E-state index contributed by atoms with van der Waals surface area (Å²) in [5, 5.41) is 14.6. The second kappa shape index (κ2) is 4.03. The average molecular weight is 237 g/mol. The highest BCUT2D eigenvalue weighted by molar-refractivity contribution is 7.08. The Morgan fingerprint density at radius 3 is 2.69 bits per heavy atom. The Kier molecular flexibility index (Phi) is 2.86. The van der Waals surface area contributed by atoms with Crippen molar-refractivity contribution < 1.29 is 9.52 Å². The lowest BCUT2D eigenvalue weighted by Crippen LogP contribution is -2.26. The lowest BCUT2D eigenvalue weighted by Gasteiger charge is -2.23. The lowest BCUT2D eigenvalue weighted by molar-refractivity contribution is 0.0515. The molecule has 0 spiro atoms. The van der Waals surface area contributed by atoms with E-state index in [-0.39, 0.29) is 0 Å². The lowest BCUT2D eigenvalue weighted by atomic mass is 9.90. The number of aromatic nitrogens is 1. The minimum absolute atomic E-state index is 0.561. The number of rotatable bonds is 3. The predicted molar refractivity (Wildman–Crippen MR) is 63.6 cm³/mol. The zero-order chi connectivity index (χ0) is 11.8. The fourth-order valence-electron chi connectivity index (χ4n) is 1.91. The molecule has 2 heterocycles. The molecule has 1 atom stereocenters. The number of thiophene rings is 1. The van der Waals surface area contributed by atoms with Gasteiger partial charge in [-0.25, -0.2) is 4.98 Å². The molecule has 4 heteroatoms. The highest BCUT2D eigenvalue weighted by Gasteiger charge is 2.35. The number of nitrogens with zero attached hydrogens (tertiary/aromatic N) is 1. The van der Waals surface area contributed by atoms with E-state index in [9.17, 15) is 5.11 Å². The minimum Gasteiger partial charge on any atom is -0.442 e. The van der Waals surface area contributed by atoms with Crippen molar-refractivity contribution in [3.05, 3.63) is 39.7 Å². The summed E-state index contributed by atoms with van der Waals surface area (Å²) in [4.78, 5) is 4.21. The van der Waals surface area contributed by atoms with E-state index in [1.54, 1.807) is 18.3 Å². The Labute approximate surface area is 98.8 Å². The molecule has 0 aliphatic heterocycles. The van der Waals surface area contributed by atoms with Gasteiger partial charge in [0.1, 0.15) is 5.60 Å². The summed E-state index contributed by atoms with van der Waals surface area (Å²) < 4.78 is 5.54. The van der Waals surface area contributed by atoms with Gasteiger partial charge in [-0.1, -0.05) is 6.92 Å². The number of aryl methyl sites for hydroxylation is 2. The number of hydrogen-bond donors (Lipinski definition) is 1. The highest BCUT2D eigenvalue weighted by Crippen LogP contribution is 2.36. The second-order valence-electron chi connectivity index (χ2n) is 3.87. The quantitative estimate of drug-likeness (QED) is 0.892. The van der Waals surface area contributed by atoms with E-state index in [0.29, 0.717) is 18.1 Å². The van der Waals surface area contributed by atoms with Crippen LogP contribution in [0.2, 0.25) is 0 Å². The van der Waals surface area contributed by atoms with E-state index >= 15 is 0 Å². The van der Waals surface area contributed by atoms with E-state index in [2.05, 4.69) is 4.98 Å². The summed E-state index contributed by atoms with van der Waals surface area (Å²) >= 11 is 1.57. The van der Waals surface area contributed by atoms with E-state index in [1.807, 2.05) is 30.7 Å². The Balaban J connectivity index is 2.54. The molecule has 2 aromatic heterocycles. The second-order valence-corrected chi connectivity index (χ2v) is 4.65. The van der Waals surface area contributed by atoms with Crippen LogP contribution in [0.15, 0.2) is 21.2 Å². The molecule has 0 bridgehead atoms. The third-order valence-electron chi connectivity index (χ3n) is 2.79. The van der Waals surface area contributed by atoms with Gasteiger partial charge in [-0.05, 0) is 30.2 Å². The molecular formula is C12H15NO2S. The van der Waals surface area contributed by atoms with Crippen LogP contribution in [0.25, 0.3) is 0 Å². The summed E-state index contributed by atoms with van der Waals surface area (Å²) in [5.41, 5.74) is 0.582. The molecule has 86 valence electrons. The molecular weight excluding hydrogens is 222 g/mol. The molecule has 2 aromatic rings. The van der Waals surface area contributed by atoms with Crippen molar-refractivity contribution in [1.82, 2.24) is 4.98 Å². The summed E-state index contributed by atoms with van der Waals surface area (Å²) in [7, 11) is 0. The first-order valence-electron chi connectivity index (χ1n) is 5.27. The van der Waals surface area contributed by atoms with E-state index in [1.165, 1.54) is 0 Å². The van der Waals surface area contributed by atoms with Crippen LogP contribution in [0, 0.1) is 13.8 Å². The molecule has 0 saturated heterocycles. The first-order chi connectivity index (χ1) is 7.58. The molecule has 0 aliphatic carbocycles. The van der Waals surface area contributed by atoms with Crippen molar-refractivity contribution in [2.45, 2.75) is 32.8 Å². The van der Waals surface area contributed by atoms with E-state index in [4.69, 9.17) is 4.42 Å². The van der Waals surface area contributed by atoms with Gasteiger partial charge in [0, 0.05) is 12.5 Å². The van der Waals surface area contributed by atoms with Gasteiger partial charge in [-0.2, -0.15) is 11.3 Å². The van der Waals surface area contributed by atoms with Crippen molar-refractivity contribution in [3.63, 3.8) is 0 Å². The smallest absolute Gasteiger partial charge is 0.191 e. The Bertz CT molecular complexity index is 475. The molecule has 3 nitrogen and oxygen atoms in total. The third-order valence-corrected chi connectivity index (χ3v) is 3.47. The monoisotopic (exact) mass is 237 g/mol. The highest BCUT2D eigenvalue weighted by atomic mass is 32.1. The van der Waals surface area contributed by atoms with Crippen LogP contribution < -0.4 is 0 Å². The van der Waals surface area contributed by atoms with Crippen molar-refractivity contribution in [3.8, 4) is 0 Å². The Hall–Kier alpha value is -1.13. The summed E-state index contributed by atoms with van der Waals surface area (Å²) in [5.74, 6) is 1.15. The maximum atomic E-state index is 10.7. The average Bonchev–Trinajstić information content (AvgIpc) is 2.87. The van der Waals surface area contributed by atoms with Gasteiger partial charge in [-0.3, -0.25) is 0 Å². The van der Waals surface area contributed by atoms with E-state index < -0.39 is 5.60 Å². The van der Waals surface area contributed by atoms with Crippen molar-refractivity contribution in [2.24, 2.45) is 0 Å². The fourth-order valence-corrected chi connectivity index (χ4v) is 2.63. The molecule has 0 fully saturated rings. The Morgan fingerprint density at radius 2 is 2.25 bits per heavy atom. The van der Waals surface area contributed by atoms with Crippen molar-refractivity contribution in [2.75, 3.05) is 0 Å². The van der Waals surface area contributed by atoms with Gasteiger partial charge in [0.25, 0.3) is 0 Å². The fraction of sp³-hybridized carbons (Fsp3) is 0.417. The first kappa shape index (κ1) is 11.4. The maximum absolute atomic E-state index is 10.7. The Morgan fingerprint density at radius 1 is 1.50 bits per heavy atom. The van der Waals surface area contributed by atoms with Crippen LogP contribution in [-0.4, -0.2) is 10.1 Å². The van der Waals surface area contributed by atoms with Crippen molar-refractivity contribution >= 4 is 11.3 Å². The third kappa shape index (κ3) is 1.68. The van der Waals surface area contributed by atoms with Gasteiger partial charge in [0.15, 0.2) is 11.7 Å².